The Balaban J connectivity index is 1.61. The van der Waals surface area contributed by atoms with Gasteiger partial charge in [-0.05, 0) is 45.3 Å². The molecule has 5 nitrogen and oxygen atoms in total. The SMILES string of the molecule is CN=C(NCC1(c2ccccc2)CCCC1)NCC1(N(C)C)CCOCC1. The molecule has 0 amide bonds. The zero-order chi connectivity index (χ0) is 19.2. The van der Waals surface area contributed by atoms with Crippen molar-refractivity contribution in [3.63, 3.8) is 0 Å². The molecule has 1 aliphatic heterocycles. The normalized spacial score (nSPS) is 22.0. The third-order valence-corrected chi connectivity index (χ3v) is 6.72. The first-order valence-electron chi connectivity index (χ1n) is 10.4. The van der Waals surface area contributed by atoms with Gasteiger partial charge in [-0.3, -0.25) is 4.99 Å². The fraction of sp³-hybridized carbons (Fsp3) is 0.682. The highest BCUT2D eigenvalue weighted by molar-refractivity contribution is 5.79. The van der Waals surface area contributed by atoms with Gasteiger partial charge in [0.05, 0.1) is 0 Å². The molecule has 1 aliphatic carbocycles. The van der Waals surface area contributed by atoms with Gasteiger partial charge in [0.2, 0.25) is 0 Å². The fourth-order valence-electron chi connectivity index (χ4n) is 4.67. The van der Waals surface area contributed by atoms with Crippen LogP contribution in [0.25, 0.3) is 0 Å². The molecule has 0 unspecified atom stereocenters. The Kier molecular flexibility index (Phi) is 6.77. The first-order valence-corrected chi connectivity index (χ1v) is 10.4. The van der Waals surface area contributed by atoms with E-state index in [0.29, 0.717) is 0 Å². The minimum Gasteiger partial charge on any atom is -0.381 e. The fourth-order valence-corrected chi connectivity index (χ4v) is 4.67. The zero-order valence-corrected chi connectivity index (χ0v) is 17.3. The molecule has 2 aliphatic rings. The van der Waals surface area contributed by atoms with Crippen LogP contribution in [-0.2, 0) is 10.2 Å². The summed E-state index contributed by atoms with van der Waals surface area (Å²) in [6, 6.07) is 11.0. The lowest BCUT2D eigenvalue weighted by Crippen LogP contribution is -2.57. The van der Waals surface area contributed by atoms with Crippen molar-refractivity contribution in [1.29, 1.82) is 0 Å². The highest BCUT2D eigenvalue weighted by Crippen LogP contribution is 2.40. The first kappa shape index (κ1) is 20.2. The van der Waals surface area contributed by atoms with Crippen LogP contribution < -0.4 is 10.6 Å². The molecule has 5 heteroatoms. The zero-order valence-electron chi connectivity index (χ0n) is 17.3. The van der Waals surface area contributed by atoms with E-state index in [9.17, 15) is 0 Å². The number of hydrogen-bond donors (Lipinski definition) is 2. The van der Waals surface area contributed by atoms with E-state index >= 15 is 0 Å². The van der Waals surface area contributed by atoms with Crippen LogP contribution in [-0.4, -0.2) is 63.8 Å². The maximum absolute atomic E-state index is 5.58. The van der Waals surface area contributed by atoms with E-state index in [1.165, 1.54) is 31.2 Å². The second-order valence-corrected chi connectivity index (χ2v) is 8.36. The summed E-state index contributed by atoms with van der Waals surface area (Å²) in [5.74, 6) is 0.907. The average molecular weight is 373 g/mol. The lowest BCUT2D eigenvalue weighted by Gasteiger charge is -2.43. The van der Waals surface area contributed by atoms with Gasteiger partial charge >= 0.3 is 0 Å². The van der Waals surface area contributed by atoms with E-state index in [4.69, 9.17) is 4.74 Å². The number of guanidine groups is 1. The summed E-state index contributed by atoms with van der Waals surface area (Å²) in [6.45, 7) is 3.50. The summed E-state index contributed by atoms with van der Waals surface area (Å²) in [5.41, 5.74) is 1.83. The Morgan fingerprint density at radius 1 is 1.00 bits per heavy atom. The van der Waals surface area contributed by atoms with E-state index in [-0.39, 0.29) is 11.0 Å². The minimum atomic E-state index is 0.139. The second-order valence-electron chi connectivity index (χ2n) is 8.36. The lowest BCUT2D eigenvalue weighted by molar-refractivity contribution is -0.00501. The third-order valence-electron chi connectivity index (χ3n) is 6.72. The Hall–Kier alpha value is -1.59. The Morgan fingerprint density at radius 3 is 2.22 bits per heavy atom. The van der Waals surface area contributed by atoms with Gasteiger partial charge in [-0.1, -0.05) is 43.2 Å². The van der Waals surface area contributed by atoms with Gasteiger partial charge in [0.25, 0.3) is 0 Å². The number of ether oxygens (including phenoxy) is 1. The number of nitrogens with zero attached hydrogens (tertiary/aromatic N) is 2. The van der Waals surface area contributed by atoms with Crippen LogP contribution in [0.15, 0.2) is 35.3 Å². The number of benzene rings is 1. The molecular formula is C22H36N4O. The Morgan fingerprint density at radius 2 is 1.63 bits per heavy atom. The van der Waals surface area contributed by atoms with E-state index in [1.807, 2.05) is 7.05 Å². The third kappa shape index (κ3) is 4.64. The van der Waals surface area contributed by atoms with Gasteiger partial charge in [-0.25, -0.2) is 0 Å². The molecule has 1 saturated carbocycles. The molecule has 0 bridgehead atoms. The number of likely N-dealkylation sites (N-methyl/N-ethyl adjacent to an activating group) is 1. The predicted molar refractivity (Wildman–Crippen MR) is 112 cm³/mol. The van der Waals surface area contributed by atoms with Gasteiger partial charge in [-0.2, -0.15) is 0 Å². The highest BCUT2D eigenvalue weighted by atomic mass is 16.5. The van der Waals surface area contributed by atoms with Gasteiger partial charge in [-0.15, -0.1) is 0 Å². The molecule has 0 atom stereocenters. The topological polar surface area (TPSA) is 48.9 Å². The van der Waals surface area contributed by atoms with Crippen LogP contribution in [0.5, 0.6) is 0 Å². The van der Waals surface area contributed by atoms with Crippen molar-refractivity contribution in [2.24, 2.45) is 4.99 Å². The second kappa shape index (κ2) is 9.07. The molecule has 2 fully saturated rings. The van der Waals surface area contributed by atoms with Crippen molar-refractivity contribution in [2.75, 3.05) is 47.4 Å². The molecule has 3 rings (SSSR count). The van der Waals surface area contributed by atoms with Crippen molar-refractivity contribution in [1.82, 2.24) is 15.5 Å². The van der Waals surface area contributed by atoms with Gasteiger partial charge in [0.1, 0.15) is 0 Å². The van der Waals surface area contributed by atoms with Crippen LogP contribution in [0.2, 0.25) is 0 Å². The monoisotopic (exact) mass is 372 g/mol. The first-order chi connectivity index (χ1) is 13.1. The predicted octanol–water partition coefficient (Wildman–Crippen LogP) is 2.77. The van der Waals surface area contributed by atoms with Crippen molar-refractivity contribution in [3.05, 3.63) is 35.9 Å². The molecule has 1 heterocycles. The quantitative estimate of drug-likeness (QED) is 0.595. The van der Waals surface area contributed by atoms with E-state index in [0.717, 1.165) is 45.1 Å². The molecule has 0 radical (unpaired) electrons. The average Bonchev–Trinajstić information content (AvgIpc) is 3.19. The van der Waals surface area contributed by atoms with Crippen molar-refractivity contribution >= 4 is 5.96 Å². The summed E-state index contributed by atoms with van der Waals surface area (Å²) >= 11 is 0. The Labute approximate surface area is 164 Å². The molecule has 27 heavy (non-hydrogen) atoms. The molecule has 1 saturated heterocycles. The Bertz CT molecular complexity index is 602. The molecule has 0 aromatic heterocycles. The number of hydrogen-bond acceptors (Lipinski definition) is 3. The lowest BCUT2D eigenvalue weighted by atomic mass is 9.79. The van der Waals surface area contributed by atoms with Crippen molar-refractivity contribution in [2.45, 2.75) is 49.5 Å². The number of aliphatic imine (C=N–C) groups is 1. The molecule has 1 aromatic rings. The van der Waals surface area contributed by atoms with Crippen LogP contribution in [0.3, 0.4) is 0 Å². The van der Waals surface area contributed by atoms with Crippen LogP contribution in [0.1, 0.15) is 44.1 Å². The molecule has 0 spiro atoms. The maximum atomic E-state index is 5.58. The molecule has 2 N–H and O–H groups in total. The molecular weight excluding hydrogens is 336 g/mol. The summed E-state index contributed by atoms with van der Waals surface area (Å²) in [7, 11) is 6.21. The number of nitrogens with one attached hydrogen (secondary N) is 2. The van der Waals surface area contributed by atoms with E-state index in [1.54, 1.807) is 0 Å². The van der Waals surface area contributed by atoms with E-state index < -0.39 is 0 Å². The van der Waals surface area contributed by atoms with Crippen LogP contribution in [0, 0.1) is 0 Å². The van der Waals surface area contributed by atoms with Crippen LogP contribution in [0.4, 0.5) is 0 Å². The largest absolute Gasteiger partial charge is 0.381 e. The van der Waals surface area contributed by atoms with Gasteiger partial charge in [0.15, 0.2) is 5.96 Å². The summed E-state index contributed by atoms with van der Waals surface area (Å²) in [6.07, 6.45) is 7.23. The maximum Gasteiger partial charge on any atom is 0.191 e. The van der Waals surface area contributed by atoms with Crippen LogP contribution >= 0.6 is 0 Å². The standard InChI is InChI=1S/C22H36N4O/c1-23-20(25-18-22(26(2)3)13-15-27-16-14-22)24-17-21(11-7-8-12-21)19-9-5-4-6-10-19/h4-6,9-10H,7-8,11-18H2,1-3H3,(H2,23,24,25). The smallest absolute Gasteiger partial charge is 0.191 e. The molecule has 1 aromatic carbocycles. The summed E-state index contributed by atoms with van der Waals surface area (Å²) in [4.78, 5) is 6.84. The highest BCUT2D eigenvalue weighted by Gasteiger charge is 2.37. The molecule has 150 valence electrons. The van der Waals surface area contributed by atoms with Crippen molar-refractivity contribution < 1.29 is 4.74 Å². The summed E-state index contributed by atoms with van der Waals surface area (Å²) in [5, 5.41) is 7.23. The summed E-state index contributed by atoms with van der Waals surface area (Å²) < 4.78 is 5.58. The van der Waals surface area contributed by atoms with Gasteiger partial charge in [0, 0.05) is 44.3 Å². The number of rotatable bonds is 6. The van der Waals surface area contributed by atoms with Gasteiger partial charge < -0.3 is 20.3 Å². The van der Waals surface area contributed by atoms with Crippen molar-refractivity contribution in [3.8, 4) is 0 Å². The minimum absolute atomic E-state index is 0.139. The van der Waals surface area contributed by atoms with E-state index in [2.05, 4.69) is 65.0 Å².